The Bertz CT molecular complexity index is 1570. The standard InChI is InChI=1S/C32H34F2N4O3/c1-20-14-23(4-5-27(20)24-15-25(33)17-26(34)16-24)32(40)37-11-8-22(9-12-37)18-38-19-29-21(2)28(6-7-30(29)36-38)31(39)35-10-13-41-3/h4-7,14-17,19,22H,8-13,18H2,1-3H3,(H,35,39). The number of ether oxygens (including phenoxy) is 1. The molecule has 2 heterocycles. The molecule has 1 fully saturated rings. The molecule has 1 aliphatic heterocycles. The second-order valence-corrected chi connectivity index (χ2v) is 10.7. The summed E-state index contributed by atoms with van der Waals surface area (Å²) in [5.41, 5.74) is 4.87. The number of fused-ring (bicyclic) bond motifs is 1. The summed E-state index contributed by atoms with van der Waals surface area (Å²) < 4.78 is 34.4. The Morgan fingerprint density at radius 3 is 2.44 bits per heavy atom. The summed E-state index contributed by atoms with van der Waals surface area (Å²) >= 11 is 0. The molecule has 0 atom stereocenters. The quantitative estimate of drug-likeness (QED) is 0.288. The van der Waals surface area contributed by atoms with Gasteiger partial charge in [-0.05, 0) is 91.3 Å². The van der Waals surface area contributed by atoms with Gasteiger partial charge >= 0.3 is 0 Å². The molecule has 5 rings (SSSR count). The van der Waals surface area contributed by atoms with Gasteiger partial charge in [-0.15, -0.1) is 0 Å². The fourth-order valence-electron chi connectivity index (χ4n) is 5.58. The summed E-state index contributed by atoms with van der Waals surface area (Å²) in [6.07, 6.45) is 3.71. The van der Waals surface area contributed by atoms with E-state index in [1.807, 2.05) is 41.8 Å². The molecule has 1 aliphatic rings. The smallest absolute Gasteiger partial charge is 0.253 e. The highest BCUT2D eigenvalue weighted by Crippen LogP contribution is 2.28. The van der Waals surface area contributed by atoms with E-state index in [0.717, 1.165) is 47.5 Å². The molecular weight excluding hydrogens is 526 g/mol. The number of piperidine rings is 1. The molecule has 0 radical (unpaired) electrons. The maximum absolute atomic E-state index is 13.7. The Balaban J connectivity index is 1.20. The average Bonchev–Trinajstić information content (AvgIpc) is 3.36. The van der Waals surface area contributed by atoms with E-state index in [9.17, 15) is 18.4 Å². The van der Waals surface area contributed by atoms with E-state index in [4.69, 9.17) is 9.84 Å². The lowest BCUT2D eigenvalue weighted by Gasteiger charge is -2.32. The van der Waals surface area contributed by atoms with Crippen LogP contribution in [0.4, 0.5) is 8.78 Å². The van der Waals surface area contributed by atoms with Crippen LogP contribution in [0.3, 0.4) is 0 Å². The van der Waals surface area contributed by atoms with Crippen molar-refractivity contribution in [3.63, 3.8) is 0 Å². The maximum Gasteiger partial charge on any atom is 0.253 e. The monoisotopic (exact) mass is 560 g/mol. The molecule has 41 heavy (non-hydrogen) atoms. The molecule has 2 amide bonds. The first-order valence-corrected chi connectivity index (χ1v) is 13.8. The van der Waals surface area contributed by atoms with Crippen molar-refractivity contribution in [2.75, 3.05) is 33.4 Å². The normalized spacial score (nSPS) is 14.0. The molecule has 0 bridgehead atoms. The Hall–Kier alpha value is -4.11. The van der Waals surface area contributed by atoms with Crippen LogP contribution in [0.5, 0.6) is 0 Å². The number of carbonyl (C=O) groups is 2. The van der Waals surface area contributed by atoms with E-state index in [-0.39, 0.29) is 11.8 Å². The van der Waals surface area contributed by atoms with Crippen molar-refractivity contribution >= 4 is 22.7 Å². The van der Waals surface area contributed by atoms with Gasteiger partial charge in [0.25, 0.3) is 11.8 Å². The van der Waals surface area contributed by atoms with Gasteiger partial charge in [0.15, 0.2) is 0 Å². The van der Waals surface area contributed by atoms with Crippen molar-refractivity contribution in [3.05, 3.63) is 88.6 Å². The predicted molar refractivity (Wildman–Crippen MR) is 154 cm³/mol. The van der Waals surface area contributed by atoms with Crippen LogP contribution < -0.4 is 5.32 Å². The van der Waals surface area contributed by atoms with E-state index in [2.05, 4.69) is 5.32 Å². The van der Waals surface area contributed by atoms with Gasteiger partial charge in [-0.1, -0.05) is 6.07 Å². The molecular formula is C32H34F2N4O3. The Kier molecular flexibility index (Phi) is 8.44. The van der Waals surface area contributed by atoms with E-state index in [1.165, 1.54) is 12.1 Å². The van der Waals surface area contributed by atoms with Crippen molar-refractivity contribution in [1.82, 2.24) is 20.0 Å². The number of benzene rings is 3. The van der Waals surface area contributed by atoms with Gasteiger partial charge in [0, 0.05) is 62.1 Å². The topological polar surface area (TPSA) is 76.5 Å². The number of rotatable bonds is 8. The Morgan fingerprint density at radius 2 is 1.76 bits per heavy atom. The van der Waals surface area contributed by atoms with E-state index >= 15 is 0 Å². The van der Waals surface area contributed by atoms with Gasteiger partial charge < -0.3 is 15.0 Å². The number of nitrogens with zero attached hydrogens (tertiary/aromatic N) is 3. The van der Waals surface area contributed by atoms with Crippen molar-refractivity contribution in [3.8, 4) is 11.1 Å². The van der Waals surface area contributed by atoms with Crippen LogP contribution in [-0.4, -0.2) is 59.8 Å². The minimum atomic E-state index is -0.633. The number of likely N-dealkylation sites (tertiary alicyclic amines) is 1. The maximum atomic E-state index is 13.7. The number of methoxy groups -OCH3 is 1. The van der Waals surface area contributed by atoms with E-state index < -0.39 is 11.6 Å². The van der Waals surface area contributed by atoms with Gasteiger partial charge in [0.2, 0.25) is 0 Å². The number of amides is 2. The van der Waals surface area contributed by atoms with Crippen molar-refractivity contribution in [2.24, 2.45) is 5.92 Å². The fraction of sp³-hybridized carbons (Fsp3) is 0.344. The zero-order chi connectivity index (χ0) is 29.1. The largest absolute Gasteiger partial charge is 0.383 e. The van der Waals surface area contributed by atoms with Crippen LogP contribution in [0.2, 0.25) is 0 Å². The molecule has 0 unspecified atom stereocenters. The second-order valence-electron chi connectivity index (χ2n) is 10.7. The molecule has 3 aromatic carbocycles. The molecule has 4 aromatic rings. The predicted octanol–water partition coefficient (Wildman–Crippen LogP) is 5.53. The molecule has 1 saturated heterocycles. The van der Waals surface area contributed by atoms with E-state index in [1.54, 1.807) is 25.3 Å². The number of nitrogens with one attached hydrogen (secondary N) is 1. The fourth-order valence-corrected chi connectivity index (χ4v) is 5.58. The Labute approximate surface area is 238 Å². The molecule has 0 saturated carbocycles. The lowest BCUT2D eigenvalue weighted by molar-refractivity contribution is 0.0681. The highest BCUT2D eigenvalue weighted by molar-refractivity contribution is 6.00. The summed E-state index contributed by atoms with van der Waals surface area (Å²) in [6.45, 7) is 6.72. The molecule has 1 N–H and O–H groups in total. The lowest BCUT2D eigenvalue weighted by Crippen LogP contribution is -2.39. The van der Waals surface area contributed by atoms with Crippen LogP contribution in [0, 0.1) is 31.4 Å². The summed E-state index contributed by atoms with van der Waals surface area (Å²) in [4.78, 5) is 27.7. The summed E-state index contributed by atoms with van der Waals surface area (Å²) in [5, 5.41) is 8.56. The number of carbonyl (C=O) groups excluding carboxylic acids is 2. The van der Waals surface area contributed by atoms with Crippen molar-refractivity contribution < 1.29 is 23.1 Å². The Morgan fingerprint density at radius 1 is 1.02 bits per heavy atom. The van der Waals surface area contributed by atoms with Crippen LogP contribution in [0.15, 0.2) is 54.7 Å². The highest BCUT2D eigenvalue weighted by atomic mass is 19.1. The zero-order valence-corrected chi connectivity index (χ0v) is 23.5. The van der Waals surface area contributed by atoms with Crippen molar-refractivity contribution in [1.29, 1.82) is 0 Å². The first kappa shape index (κ1) is 28.4. The molecule has 0 spiro atoms. The van der Waals surface area contributed by atoms with Gasteiger partial charge in [-0.25, -0.2) is 8.78 Å². The summed E-state index contributed by atoms with van der Waals surface area (Å²) in [6, 6.07) is 12.4. The second kappa shape index (κ2) is 12.2. The number of hydrogen-bond acceptors (Lipinski definition) is 4. The first-order chi connectivity index (χ1) is 19.7. The number of halogens is 2. The zero-order valence-electron chi connectivity index (χ0n) is 23.5. The van der Waals surface area contributed by atoms with Crippen LogP contribution in [0.1, 0.15) is 44.7 Å². The number of aromatic nitrogens is 2. The van der Waals surface area contributed by atoms with Crippen LogP contribution in [-0.2, 0) is 11.3 Å². The summed E-state index contributed by atoms with van der Waals surface area (Å²) in [5.74, 6) is -1.06. The van der Waals surface area contributed by atoms with E-state index in [0.29, 0.717) is 54.4 Å². The minimum absolute atomic E-state index is 0.0414. The third-order valence-corrected chi connectivity index (χ3v) is 7.84. The first-order valence-electron chi connectivity index (χ1n) is 13.8. The molecule has 1 aromatic heterocycles. The minimum Gasteiger partial charge on any atom is -0.383 e. The SMILES string of the molecule is COCCNC(=O)c1ccc2nn(CC3CCN(C(=O)c4ccc(-c5cc(F)cc(F)c5)c(C)c4)CC3)cc2c1C. The molecule has 7 nitrogen and oxygen atoms in total. The number of aryl methyl sites for hydroxylation is 2. The molecule has 0 aliphatic carbocycles. The van der Waals surface area contributed by atoms with Crippen molar-refractivity contribution in [2.45, 2.75) is 33.2 Å². The van der Waals surface area contributed by atoms with Gasteiger partial charge in [0.1, 0.15) is 11.6 Å². The molecule has 214 valence electrons. The molecule has 9 heteroatoms. The third kappa shape index (κ3) is 6.30. The lowest BCUT2D eigenvalue weighted by atomic mass is 9.95. The third-order valence-electron chi connectivity index (χ3n) is 7.84. The average molecular weight is 561 g/mol. The van der Waals surface area contributed by atoms with Crippen LogP contribution >= 0.6 is 0 Å². The van der Waals surface area contributed by atoms with Crippen LogP contribution in [0.25, 0.3) is 22.0 Å². The van der Waals surface area contributed by atoms with Gasteiger partial charge in [0.05, 0.1) is 12.1 Å². The highest BCUT2D eigenvalue weighted by Gasteiger charge is 2.25. The van der Waals surface area contributed by atoms with Gasteiger partial charge in [-0.3, -0.25) is 14.3 Å². The van der Waals surface area contributed by atoms with Gasteiger partial charge in [-0.2, -0.15) is 5.10 Å². The number of hydrogen-bond donors (Lipinski definition) is 1. The summed E-state index contributed by atoms with van der Waals surface area (Å²) in [7, 11) is 1.60.